The normalized spacial score (nSPS) is 16.2. The Morgan fingerprint density at radius 3 is 2.86 bits per heavy atom. The number of carboxylic acid groups (broad SMARTS) is 1. The highest BCUT2D eigenvalue weighted by molar-refractivity contribution is 7.13. The Hall–Kier alpha value is -2.15. The number of hydrogen-bond donors (Lipinski definition) is 2. The Morgan fingerprint density at radius 2 is 2.29 bits per heavy atom. The number of hydrogen-bond acceptors (Lipinski definition) is 5. The first kappa shape index (κ1) is 13.8. The van der Waals surface area contributed by atoms with Crippen LogP contribution in [0.5, 0.6) is 0 Å². The Bertz CT molecular complexity index is 658. The summed E-state index contributed by atoms with van der Waals surface area (Å²) in [7, 11) is 0. The summed E-state index contributed by atoms with van der Waals surface area (Å²) in [6.45, 7) is 0. The molecule has 110 valence electrons. The molecule has 2 N–H and O–H groups in total. The van der Waals surface area contributed by atoms with Gasteiger partial charge < -0.3 is 14.8 Å². The van der Waals surface area contributed by atoms with Gasteiger partial charge in [-0.15, -0.1) is 11.3 Å². The average molecular weight is 306 g/mol. The van der Waals surface area contributed by atoms with Crippen molar-refractivity contribution in [3.05, 3.63) is 29.5 Å². The zero-order valence-electron chi connectivity index (χ0n) is 11.2. The molecule has 0 atom stereocenters. The molecule has 7 heteroatoms. The van der Waals surface area contributed by atoms with E-state index in [0.29, 0.717) is 24.4 Å². The van der Waals surface area contributed by atoms with Gasteiger partial charge in [0.1, 0.15) is 11.8 Å². The average Bonchev–Trinajstić information content (AvgIpc) is 3.03. The molecule has 1 aliphatic rings. The van der Waals surface area contributed by atoms with Gasteiger partial charge in [0.2, 0.25) is 11.8 Å². The molecule has 21 heavy (non-hydrogen) atoms. The van der Waals surface area contributed by atoms with Gasteiger partial charge in [-0.05, 0) is 30.7 Å². The lowest BCUT2D eigenvalue weighted by molar-refractivity contribution is -0.151. The summed E-state index contributed by atoms with van der Waals surface area (Å²) in [4.78, 5) is 28.3. The Balaban J connectivity index is 1.64. The van der Waals surface area contributed by atoms with E-state index >= 15 is 0 Å². The van der Waals surface area contributed by atoms with Crippen LogP contribution in [0, 0.1) is 0 Å². The Kier molecular flexibility index (Phi) is 3.50. The number of aromatic nitrogens is 1. The zero-order chi connectivity index (χ0) is 14.9. The van der Waals surface area contributed by atoms with Crippen molar-refractivity contribution < 1.29 is 19.1 Å². The molecule has 2 aromatic heterocycles. The van der Waals surface area contributed by atoms with Crippen LogP contribution in [0.1, 0.15) is 25.0 Å². The summed E-state index contributed by atoms with van der Waals surface area (Å²) in [5, 5.41) is 13.7. The van der Waals surface area contributed by atoms with E-state index in [0.717, 1.165) is 11.3 Å². The molecule has 0 saturated heterocycles. The van der Waals surface area contributed by atoms with E-state index in [2.05, 4.69) is 10.3 Å². The Labute approximate surface area is 124 Å². The maximum Gasteiger partial charge on any atom is 0.329 e. The number of aliphatic carboxylic acids is 1. The van der Waals surface area contributed by atoms with E-state index in [4.69, 9.17) is 4.42 Å². The lowest BCUT2D eigenvalue weighted by Gasteiger charge is -2.38. The van der Waals surface area contributed by atoms with Crippen LogP contribution in [0.2, 0.25) is 0 Å². The number of nitrogens with one attached hydrogen (secondary N) is 1. The van der Waals surface area contributed by atoms with Gasteiger partial charge in [0.25, 0.3) is 0 Å². The molecule has 0 aromatic carbocycles. The molecule has 3 rings (SSSR count). The van der Waals surface area contributed by atoms with Crippen LogP contribution in [0.15, 0.2) is 28.2 Å². The molecular formula is C14H14N2O4S. The molecule has 1 fully saturated rings. The SMILES string of the molecule is O=C(Cc1coc(-c2cccs2)n1)NC1(C(=O)O)CCC1. The molecule has 2 aromatic rings. The monoisotopic (exact) mass is 306 g/mol. The summed E-state index contributed by atoms with van der Waals surface area (Å²) >= 11 is 1.50. The summed E-state index contributed by atoms with van der Waals surface area (Å²) in [5.41, 5.74) is -0.590. The van der Waals surface area contributed by atoms with E-state index in [9.17, 15) is 14.7 Å². The van der Waals surface area contributed by atoms with Crippen LogP contribution >= 0.6 is 11.3 Å². The standard InChI is InChI=1S/C14H14N2O4S/c17-11(16-14(13(18)19)4-2-5-14)7-9-8-20-12(15-9)10-3-1-6-21-10/h1,3,6,8H,2,4-5,7H2,(H,16,17)(H,18,19). The summed E-state index contributed by atoms with van der Waals surface area (Å²) in [5.74, 6) is -0.839. The smallest absolute Gasteiger partial charge is 0.329 e. The Morgan fingerprint density at radius 1 is 1.48 bits per heavy atom. The van der Waals surface area contributed by atoms with Gasteiger partial charge in [-0.2, -0.15) is 0 Å². The molecule has 0 aliphatic heterocycles. The van der Waals surface area contributed by atoms with E-state index in [1.54, 1.807) is 0 Å². The lowest BCUT2D eigenvalue weighted by Crippen LogP contribution is -2.59. The van der Waals surface area contributed by atoms with Crippen molar-refractivity contribution in [1.29, 1.82) is 0 Å². The summed E-state index contributed by atoms with van der Waals surface area (Å²) in [6.07, 6.45) is 3.23. The van der Waals surface area contributed by atoms with Crippen LogP contribution in [-0.4, -0.2) is 27.5 Å². The van der Waals surface area contributed by atoms with Crippen molar-refractivity contribution in [3.8, 4) is 10.8 Å². The minimum absolute atomic E-state index is 0.0178. The van der Waals surface area contributed by atoms with E-state index in [1.165, 1.54) is 17.6 Å². The van der Waals surface area contributed by atoms with Gasteiger partial charge in [-0.1, -0.05) is 6.07 Å². The van der Waals surface area contributed by atoms with E-state index < -0.39 is 11.5 Å². The van der Waals surface area contributed by atoms with Gasteiger partial charge in [0.05, 0.1) is 17.0 Å². The van der Waals surface area contributed by atoms with Gasteiger partial charge in [0, 0.05) is 0 Å². The van der Waals surface area contributed by atoms with Crippen molar-refractivity contribution in [2.45, 2.75) is 31.2 Å². The highest BCUT2D eigenvalue weighted by atomic mass is 32.1. The van der Waals surface area contributed by atoms with Crippen molar-refractivity contribution in [2.24, 2.45) is 0 Å². The van der Waals surface area contributed by atoms with Gasteiger partial charge in [-0.25, -0.2) is 9.78 Å². The zero-order valence-corrected chi connectivity index (χ0v) is 12.0. The third-order valence-electron chi connectivity index (χ3n) is 3.62. The summed E-state index contributed by atoms with van der Waals surface area (Å²) < 4.78 is 5.33. The number of nitrogens with zero attached hydrogens (tertiary/aromatic N) is 1. The maximum atomic E-state index is 12.0. The number of thiophene rings is 1. The van der Waals surface area contributed by atoms with Gasteiger partial charge in [-0.3, -0.25) is 4.79 Å². The number of carbonyl (C=O) groups excluding carboxylic acids is 1. The van der Waals surface area contributed by atoms with Gasteiger partial charge >= 0.3 is 5.97 Å². The first-order valence-electron chi connectivity index (χ1n) is 6.62. The topological polar surface area (TPSA) is 92.4 Å². The molecule has 1 amide bonds. The van der Waals surface area contributed by atoms with Crippen LogP contribution < -0.4 is 5.32 Å². The van der Waals surface area contributed by atoms with Crippen LogP contribution in [-0.2, 0) is 16.0 Å². The minimum Gasteiger partial charge on any atom is -0.480 e. The van der Waals surface area contributed by atoms with E-state index in [1.807, 2.05) is 17.5 Å². The highest BCUT2D eigenvalue weighted by Gasteiger charge is 2.45. The number of oxazole rings is 1. The molecule has 1 saturated carbocycles. The third-order valence-corrected chi connectivity index (χ3v) is 4.48. The van der Waals surface area contributed by atoms with Crippen LogP contribution in [0.4, 0.5) is 0 Å². The fourth-order valence-corrected chi connectivity index (χ4v) is 2.96. The molecule has 0 bridgehead atoms. The van der Waals surface area contributed by atoms with Gasteiger partial charge in [0.15, 0.2) is 0 Å². The molecule has 1 aliphatic carbocycles. The number of amides is 1. The first-order valence-corrected chi connectivity index (χ1v) is 7.50. The second-order valence-electron chi connectivity index (χ2n) is 5.09. The number of carbonyl (C=O) groups is 2. The second-order valence-corrected chi connectivity index (χ2v) is 6.03. The maximum absolute atomic E-state index is 12.0. The van der Waals surface area contributed by atoms with E-state index in [-0.39, 0.29) is 12.3 Å². The quantitative estimate of drug-likeness (QED) is 0.882. The van der Waals surface area contributed by atoms with Crippen molar-refractivity contribution >= 4 is 23.2 Å². The van der Waals surface area contributed by atoms with Crippen molar-refractivity contribution in [1.82, 2.24) is 10.3 Å². The summed E-state index contributed by atoms with van der Waals surface area (Å²) in [6, 6.07) is 3.78. The number of rotatable bonds is 5. The van der Waals surface area contributed by atoms with Crippen molar-refractivity contribution in [3.63, 3.8) is 0 Å². The lowest BCUT2D eigenvalue weighted by atomic mass is 9.76. The second kappa shape index (κ2) is 5.33. The first-order chi connectivity index (χ1) is 10.1. The fraction of sp³-hybridized carbons (Fsp3) is 0.357. The molecule has 2 heterocycles. The van der Waals surface area contributed by atoms with Crippen LogP contribution in [0.25, 0.3) is 10.8 Å². The molecule has 0 spiro atoms. The third kappa shape index (κ3) is 2.69. The van der Waals surface area contributed by atoms with Crippen LogP contribution in [0.3, 0.4) is 0 Å². The predicted molar refractivity (Wildman–Crippen MR) is 75.9 cm³/mol. The largest absolute Gasteiger partial charge is 0.480 e. The predicted octanol–water partition coefficient (Wildman–Crippen LogP) is 2.07. The molecule has 6 nitrogen and oxygen atoms in total. The molecular weight excluding hydrogens is 292 g/mol. The highest BCUT2D eigenvalue weighted by Crippen LogP contribution is 2.32. The minimum atomic E-state index is -1.09. The van der Waals surface area contributed by atoms with Crippen molar-refractivity contribution in [2.75, 3.05) is 0 Å². The molecule has 0 unspecified atom stereocenters. The molecule has 0 radical (unpaired) electrons. The number of carboxylic acids is 1. The fourth-order valence-electron chi connectivity index (χ4n) is 2.30.